The van der Waals surface area contributed by atoms with Gasteiger partial charge in [-0.05, 0) is 25.5 Å². The second-order valence-electron chi connectivity index (χ2n) is 3.65. The fourth-order valence-electron chi connectivity index (χ4n) is 1.73. The van der Waals surface area contributed by atoms with E-state index in [1.807, 2.05) is 6.07 Å². The van der Waals surface area contributed by atoms with Crippen LogP contribution in [-0.4, -0.2) is 24.1 Å². The normalized spacial score (nSPS) is 21.9. The van der Waals surface area contributed by atoms with Gasteiger partial charge in [0.15, 0.2) is 0 Å². The van der Waals surface area contributed by atoms with Crippen LogP contribution < -0.4 is 16.4 Å². The fraction of sp³-hybridized carbons (Fsp3) is 0.500. The van der Waals surface area contributed by atoms with Gasteiger partial charge in [-0.1, -0.05) is 0 Å². The number of aromatic nitrogens is 1. The first kappa shape index (κ1) is 9.27. The van der Waals surface area contributed by atoms with Crippen molar-refractivity contribution in [3.8, 4) is 0 Å². The van der Waals surface area contributed by atoms with E-state index in [0.717, 1.165) is 24.5 Å². The molecule has 1 aliphatic rings. The third-order valence-corrected chi connectivity index (χ3v) is 2.51. The lowest BCUT2D eigenvalue weighted by Crippen LogP contribution is -2.38. The van der Waals surface area contributed by atoms with Crippen LogP contribution in [0, 0.1) is 0 Å². The van der Waals surface area contributed by atoms with Crippen molar-refractivity contribution in [2.45, 2.75) is 18.9 Å². The number of hydrogen-bond donors (Lipinski definition) is 3. The Morgan fingerprint density at radius 1 is 1.57 bits per heavy atom. The Bertz CT molecular complexity index is 294. The molecule has 1 atom stereocenters. The number of anilines is 2. The van der Waals surface area contributed by atoms with Gasteiger partial charge in [0.1, 0.15) is 0 Å². The molecule has 0 aromatic carbocycles. The molecule has 1 unspecified atom stereocenters. The van der Waals surface area contributed by atoms with Crippen molar-refractivity contribution in [2.24, 2.45) is 0 Å². The quantitative estimate of drug-likeness (QED) is 0.649. The van der Waals surface area contributed by atoms with Gasteiger partial charge < -0.3 is 16.4 Å². The predicted octanol–water partition coefficient (Wildman–Crippen LogP) is 0.828. The minimum absolute atomic E-state index is 0.494. The molecule has 1 saturated heterocycles. The molecule has 1 aromatic heterocycles. The van der Waals surface area contributed by atoms with Crippen LogP contribution in [0.15, 0.2) is 18.5 Å². The molecular weight excluding hydrogens is 176 g/mol. The molecule has 76 valence electrons. The van der Waals surface area contributed by atoms with Crippen molar-refractivity contribution in [1.29, 1.82) is 0 Å². The first-order valence-corrected chi connectivity index (χ1v) is 5.03. The van der Waals surface area contributed by atoms with Gasteiger partial charge in [0.25, 0.3) is 0 Å². The van der Waals surface area contributed by atoms with Crippen LogP contribution in [0.1, 0.15) is 12.8 Å². The Kier molecular flexibility index (Phi) is 2.84. The summed E-state index contributed by atoms with van der Waals surface area (Å²) in [7, 11) is 0. The highest BCUT2D eigenvalue weighted by molar-refractivity contribution is 5.64. The van der Waals surface area contributed by atoms with Crippen LogP contribution in [-0.2, 0) is 0 Å². The van der Waals surface area contributed by atoms with E-state index in [-0.39, 0.29) is 0 Å². The Balaban J connectivity index is 1.99. The molecule has 2 rings (SSSR count). The predicted molar refractivity (Wildman–Crippen MR) is 58.2 cm³/mol. The number of piperidine rings is 1. The summed E-state index contributed by atoms with van der Waals surface area (Å²) < 4.78 is 0. The lowest BCUT2D eigenvalue weighted by Gasteiger charge is -2.25. The van der Waals surface area contributed by atoms with Crippen LogP contribution in [0.3, 0.4) is 0 Å². The zero-order chi connectivity index (χ0) is 9.80. The van der Waals surface area contributed by atoms with Crippen LogP contribution in [0.4, 0.5) is 11.4 Å². The minimum atomic E-state index is 0.494. The highest BCUT2D eigenvalue weighted by Gasteiger charge is 2.12. The smallest absolute Gasteiger partial charge is 0.0736 e. The Labute approximate surface area is 83.9 Å². The van der Waals surface area contributed by atoms with E-state index in [1.165, 1.54) is 12.8 Å². The van der Waals surface area contributed by atoms with Crippen molar-refractivity contribution in [2.75, 3.05) is 24.1 Å². The standard InChI is InChI=1S/C10H16N4/c11-9-7-13-5-3-10(9)14-8-2-1-4-12-6-8/h3,5,7-8,12H,1-2,4,6,11H2,(H,13,14). The molecule has 4 heteroatoms. The number of nitrogen functional groups attached to an aromatic ring is 1. The van der Waals surface area contributed by atoms with E-state index in [1.54, 1.807) is 12.4 Å². The van der Waals surface area contributed by atoms with E-state index in [4.69, 9.17) is 5.73 Å². The molecule has 0 aliphatic carbocycles. The number of rotatable bonds is 2. The molecule has 14 heavy (non-hydrogen) atoms. The molecule has 4 N–H and O–H groups in total. The van der Waals surface area contributed by atoms with Gasteiger partial charge in [-0.3, -0.25) is 4.98 Å². The zero-order valence-electron chi connectivity index (χ0n) is 8.16. The van der Waals surface area contributed by atoms with E-state index in [2.05, 4.69) is 15.6 Å². The summed E-state index contributed by atoms with van der Waals surface area (Å²) in [4.78, 5) is 3.96. The van der Waals surface area contributed by atoms with Crippen molar-refractivity contribution in [1.82, 2.24) is 10.3 Å². The first-order chi connectivity index (χ1) is 6.86. The van der Waals surface area contributed by atoms with E-state index in [9.17, 15) is 0 Å². The number of nitrogens with one attached hydrogen (secondary N) is 2. The van der Waals surface area contributed by atoms with Gasteiger partial charge in [-0.15, -0.1) is 0 Å². The number of pyridine rings is 1. The average Bonchev–Trinajstić information content (AvgIpc) is 2.23. The lowest BCUT2D eigenvalue weighted by molar-refractivity contribution is 0.480. The second kappa shape index (κ2) is 4.28. The lowest BCUT2D eigenvalue weighted by atomic mass is 10.1. The Hall–Kier alpha value is -1.29. The van der Waals surface area contributed by atoms with Crippen molar-refractivity contribution in [3.63, 3.8) is 0 Å². The largest absolute Gasteiger partial charge is 0.396 e. The van der Waals surface area contributed by atoms with Crippen LogP contribution in [0.25, 0.3) is 0 Å². The summed E-state index contributed by atoms with van der Waals surface area (Å²) >= 11 is 0. The maximum absolute atomic E-state index is 5.79. The SMILES string of the molecule is Nc1cnccc1NC1CCCNC1. The van der Waals surface area contributed by atoms with Crippen molar-refractivity contribution < 1.29 is 0 Å². The summed E-state index contributed by atoms with van der Waals surface area (Å²) in [5, 5.41) is 6.78. The van der Waals surface area contributed by atoms with Gasteiger partial charge in [0.2, 0.25) is 0 Å². The minimum Gasteiger partial charge on any atom is -0.396 e. The summed E-state index contributed by atoms with van der Waals surface area (Å²) in [5.74, 6) is 0. The molecule has 1 fully saturated rings. The number of hydrogen-bond acceptors (Lipinski definition) is 4. The van der Waals surface area contributed by atoms with E-state index < -0.39 is 0 Å². The Morgan fingerprint density at radius 3 is 3.21 bits per heavy atom. The maximum Gasteiger partial charge on any atom is 0.0736 e. The van der Waals surface area contributed by atoms with Gasteiger partial charge >= 0.3 is 0 Å². The molecule has 4 nitrogen and oxygen atoms in total. The molecule has 0 radical (unpaired) electrons. The monoisotopic (exact) mass is 192 g/mol. The van der Waals surface area contributed by atoms with Gasteiger partial charge in [-0.25, -0.2) is 0 Å². The van der Waals surface area contributed by atoms with Gasteiger partial charge in [-0.2, -0.15) is 0 Å². The molecule has 0 amide bonds. The molecule has 0 bridgehead atoms. The highest BCUT2D eigenvalue weighted by atomic mass is 15.0. The van der Waals surface area contributed by atoms with Crippen LogP contribution in [0.5, 0.6) is 0 Å². The summed E-state index contributed by atoms with van der Waals surface area (Å²) in [6, 6.07) is 2.41. The first-order valence-electron chi connectivity index (χ1n) is 5.03. The summed E-state index contributed by atoms with van der Waals surface area (Å²) in [6.45, 7) is 2.14. The van der Waals surface area contributed by atoms with Gasteiger partial charge in [0.05, 0.1) is 17.6 Å². The average molecular weight is 192 g/mol. The Morgan fingerprint density at radius 2 is 2.50 bits per heavy atom. The molecule has 0 spiro atoms. The van der Waals surface area contributed by atoms with Crippen LogP contribution in [0.2, 0.25) is 0 Å². The third kappa shape index (κ3) is 2.14. The highest BCUT2D eigenvalue weighted by Crippen LogP contribution is 2.18. The zero-order valence-corrected chi connectivity index (χ0v) is 8.16. The van der Waals surface area contributed by atoms with E-state index in [0.29, 0.717) is 6.04 Å². The van der Waals surface area contributed by atoms with Crippen molar-refractivity contribution in [3.05, 3.63) is 18.5 Å². The van der Waals surface area contributed by atoms with Crippen LogP contribution >= 0.6 is 0 Å². The molecule has 0 saturated carbocycles. The van der Waals surface area contributed by atoms with Crippen molar-refractivity contribution >= 4 is 11.4 Å². The number of nitrogens with two attached hydrogens (primary N) is 1. The maximum atomic E-state index is 5.79. The fourth-order valence-corrected chi connectivity index (χ4v) is 1.73. The second-order valence-corrected chi connectivity index (χ2v) is 3.65. The van der Waals surface area contributed by atoms with E-state index >= 15 is 0 Å². The topological polar surface area (TPSA) is 63.0 Å². The van der Waals surface area contributed by atoms with Gasteiger partial charge in [0, 0.05) is 18.8 Å². The molecule has 1 aliphatic heterocycles. The summed E-state index contributed by atoms with van der Waals surface area (Å²) in [5.41, 5.74) is 7.51. The molecule has 2 heterocycles. The number of nitrogens with zero attached hydrogens (tertiary/aromatic N) is 1. The molecular formula is C10H16N4. The summed E-state index contributed by atoms with van der Waals surface area (Å²) in [6.07, 6.45) is 5.87. The third-order valence-electron chi connectivity index (χ3n) is 2.51. The molecule has 1 aromatic rings.